The van der Waals surface area contributed by atoms with Gasteiger partial charge in [-0.1, -0.05) is 48.5 Å². The maximum absolute atomic E-state index is 12.9. The number of amides is 1. The van der Waals surface area contributed by atoms with E-state index in [0.29, 0.717) is 6.54 Å². The van der Waals surface area contributed by atoms with Gasteiger partial charge in [-0.2, -0.15) is 0 Å². The van der Waals surface area contributed by atoms with Crippen molar-refractivity contribution in [2.75, 3.05) is 0 Å². The van der Waals surface area contributed by atoms with Crippen LogP contribution in [0.1, 0.15) is 27.2 Å². The molecule has 0 saturated carbocycles. The van der Waals surface area contributed by atoms with Gasteiger partial charge in [-0.25, -0.2) is 0 Å². The number of pyridine rings is 1. The topological polar surface area (TPSA) is 51.1 Å². The fourth-order valence-corrected chi connectivity index (χ4v) is 2.76. The van der Waals surface area contributed by atoms with Crippen molar-refractivity contribution >= 4 is 5.91 Å². The van der Waals surface area contributed by atoms with Crippen molar-refractivity contribution in [2.45, 2.75) is 20.4 Å². The first-order chi connectivity index (χ1) is 12.1. The summed E-state index contributed by atoms with van der Waals surface area (Å²) in [5, 5.41) is 2.83. The second-order valence-electron chi connectivity index (χ2n) is 5.97. The van der Waals surface area contributed by atoms with Gasteiger partial charge in [-0.3, -0.25) is 14.2 Å². The highest BCUT2D eigenvalue weighted by molar-refractivity contribution is 5.94. The first-order valence-electron chi connectivity index (χ1n) is 8.18. The Balaban J connectivity index is 1.96. The van der Waals surface area contributed by atoms with Gasteiger partial charge in [0.1, 0.15) is 5.56 Å². The van der Waals surface area contributed by atoms with E-state index < -0.39 is 0 Å². The molecule has 0 fully saturated rings. The molecular weight excluding hydrogens is 312 g/mol. The Labute approximate surface area is 146 Å². The number of carbonyl (C=O) groups is 1. The molecule has 126 valence electrons. The number of aryl methyl sites for hydroxylation is 1. The molecule has 3 rings (SSSR count). The molecule has 0 bridgehead atoms. The maximum Gasteiger partial charge on any atom is 0.268 e. The lowest BCUT2D eigenvalue weighted by Gasteiger charge is -2.15. The number of benzene rings is 2. The number of para-hydroxylation sites is 1. The van der Waals surface area contributed by atoms with Crippen LogP contribution in [-0.4, -0.2) is 10.5 Å². The summed E-state index contributed by atoms with van der Waals surface area (Å²) in [6.07, 6.45) is 0. The van der Waals surface area contributed by atoms with Crippen LogP contribution in [0.4, 0.5) is 0 Å². The van der Waals surface area contributed by atoms with E-state index in [1.54, 1.807) is 10.6 Å². The van der Waals surface area contributed by atoms with Crippen LogP contribution in [0.25, 0.3) is 5.69 Å². The minimum atomic E-state index is -0.360. The molecule has 0 aliphatic rings. The Morgan fingerprint density at radius 3 is 2.20 bits per heavy atom. The van der Waals surface area contributed by atoms with Crippen LogP contribution in [0.2, 0.25) is 0 Å². The van der Waals surface area contributed by atoms with Crippen LogP contribution in [0.3, 0.4) is 0 Å². The summed E-state index contributed by atoms with van der Waals surface area (Å²) in [5.74, 6) is -0.360. The molecule has 4 heteroatoms. The molecule has 1 N–H and O–H groups in total. The summed E-state index contributed by atoms with van der Waals surface area (Å²) in [4.78, 5) is 25.5. The van der Waals surface area contributed by atoms with Gasteiger partial charge in [0.15, 0.2) is 0 Å². The Morgan fingerprint density at radius 2 is 1.56 bits per heavy atom. The van der Waals surface area contributed by atoms with E-state index in [9.17, 15) is 9.59 Å². The molecular formula is C21H20N2O2. The minimum Gasteiger partial charge on any atom is -0.348 e. The standard InChI is InChI=1S/C21H20N2O2/c1-15-13-19(20(24)22-14-17-9-5-3-6-10-17)21(25)23(16(15)2)18-11-7-4-8-12-18/h3-13H,14H2,1-2H3,(H,22,24). The Morgan fingerprint density at radius 1 is 0.960 bits per heavy atom. The van der Waals surface area contributed by atoms with E-state index in [1.165, 1.54) is 0 Å². The molecule has 0 unspecified atom stereocenters. The largest absolute Gasteiger partial charge is 0.348 e. The molecule has 0 aliphatic heterocycles. The lowest BCUT2D eigenvalue weighted by Crippen LogP contribution is -2.33. The van der Waals surface area contributed by atoms with Gasteiger partial charge in [0.25, 0.3) is 11.5 Å². The van der Waals surface area contributed by atoms with Gasteiger partial charge in [0, 0.05) is 17.9 Å². The highest BCUT2D eigenvalue weighted by Gasteiger charge is 2.16. The average molecular weight is 332 g/mol. The molecule has 0 aliphatic carbocycles. The SMILES string of the molecule is Cc1cc(C(=O)NCc2ccccc2)c(=O)n(-c2ccccc2)c1C. The molecule has 4 nitrogen and oxygen atoms in total. The van der Waals surface area contributed by atoms with Crippen LogP contribution < -0.4 is 10.9 Å². The molecule has 0 saturated heterocycles. The van der Waals surface area contributed by atoms with E-state index in [0.717, 1.165) is 22.5 Å². The van der Waals surface area contributed by atoms with E-state index in [-0.39, 0.29) is 17.0 Å². The second-order valence-corrected chi connectivity index (χ2v) is 5.97. The second kappa shape index (κ2) is 7.18. The maximum atomic E-state index is 12.9. The number of carbonyl (C=O) groups excluding carboxylic acids is 1. The van der Waals surface area contributed by atoms with Crippen LogP contribution in [-0.2, 0) is 6.54 Å². The van der Waals surface area contributed by atoms with Crippen molar-refractivity contribution in [1.29, 1.82) is 0 Å². The number of nitrogens with one attached hydrogen (secondary N) is 1. The number of rotatable bonds is 4. The van der Waals surface area contributed by atoms with E-state index in [4.69, 9.17) is 0 Å². The minimum absolute atomic E-state index is 0.155. The van der Waals surface area contributed by atoms with Crippen molar-refractivity contribution in [3.63, 3.8) is 0 Å². The quantitative estimate of drug-likeness (QED) is 0.796. The Hall–Kier alpha value is -3.14. The van der Waals surface area contributed by atoms with Crippen molar-refractivity contribution in [3.05, 3.63) is 99.5 Å². The molecule has 0 spiro atoms. The highest BCUT2D eigenvalue weighted by Crippen LogP contribution is 2.13. The predicted molar refractivity (Wildman–Crippen MR) is 99.1 cm³/mol. The lowest BCUT2D eigenvalue weighted by atomic mass is 10.1. The smallest absolute Gasteiger partial charge is 0.268 e. The van der Waals surface area contributed by atoms with Crippen molar-refractivity contribution < 1.29 is 4.79 Å². The molecule has 1 amide bonds. The predicted octanol–water partition coefficient (Wildman–Crippen LogP) is 3.38. The van der Waals surface area contributed by atoms with Crippen molar-refractivity contribution in [2.24, 2.45) is 0 Å². The average Bonchev–Trinajstić information content (AvgIpc) is 2.64. The van der Waals surface area contributed by atoms with E-state index in [2.05, 4.69) is 5.32 Å². The summed E-state index contributed by atoms with van der Waals surface area (Å²) in [6, 6.07) is 20.7. The van der Waals surface area contributed by atoms with Crippen molar-refractivity contribution in [3.8, 4) is 5.69 Å². The third-order valence-electron chi connectivity index (χ3n) is 4.26. The zero-order valence-electron chi connectivity index (χ0n) is 14.3. The summed E-state index contributed by atoms with van der Waals surface area (Å²) in [6.45, 7) is 4.18. The van der Waals surface area contributed by atoms with Gasteiger partial charge in [-0.05, 0) is 43.2 Å². The zero-order chi connectivity index (χ0) is 17.8. The Bertz CT molecular complexity index is 945. The van der Waals surface area contributed by atoms with Gasteiger partial charge >= 0.3 is 0 Å². The van der Waals surface area contributed by atoms with Gasteiger partial charge in [0.2, 0.25) is 0 Å². The summed E-state index contributed by atoms with van der Waals surface area (Å²) in [7, 11) is 0. The molecule has 0 radical (unpaired) electrons. The number of aromatic nitrogens is 1. The monoisotopic (exact) mass is 332 g/mol. The first-order valence-corrected chi connectivity index (χ1v) is 8.18. The molecule has 2 aromatic carbocycles. The van der Waals surface area contributed by atoms with Gasteiger partial charge < -0.3 is 5.32 Å². The number of hydrogen-bond acceptors (Lipinski definition) is 2. The van der Waals surface area contributed by atoms with Crippen LogP contribution >= 0.6 is 0 Å². The number of hydrogen-bond donors (Lipinski definition) is 1. The Kier molecular flexibility index (Phi) is 4.80. The molecule has 1 aromatic heterocycles. The zero-order valence-corrected chi connectivity index (χ0v) is 14.3. The highest BCUT2D eigenvalue weighted by atomic mass is 16.2. The van der Waals surface area contributed by atoms with Gasteiger partial charge in [-0.15, -0.1) is 0 Å². The fraction of sp³-hybridized carbons (Fsp3) is 0.143. The third kappa shape index (κ3) is 3.53. The van der Waals surface area contributed by atoms with E-state index in [1.807, 2.05) is 74.5 Å². The first kappa shape index (κ1) is 16.7. The van der Waals surface area contributed by atoms with Gasteiger partial charge in [0.05, 0.1) is 0 Å². The lowest BCUT2D eigenvalue weighted by molar-refractivity contribution is 0.0949. The van der Waals surface area contributed by atoms with Crippen LogP contribution in [0, 0.1) is 13.8 Å². The molecule has 3 aromatic rings. The van der Waals surface area contributed by atoms with Crippen LogP contribution in [0.5, 0.6) is 0 Å². The van der Waals surface area contributed by atoms with Crippen LogP contribution in [0.15, 0.2) is 71.5 Å². The van der Waals surface area contributed by atoms with E-state index >= 15 is 0 Å². The van der Waals surface area contributed by atoms with Crippen molar-refractivity contribution in [1.82, 2.24) is 9.88 Å². The molecule has 25 heavy (non-hydrogen) atoms. The summed E-state index contributed by atoms with van der Waals surface area (Å²) >= 11 is 0. The molecule has 0 atom stereocenters. The molecule has 1 heterocycles. The normalized spacial score (nSPS) is 10.5. The summed E-state index contributed by atoms with van der Waals surface area (Å²) < 4.78 is 1.59. The number of nitrogens with zero attached hydrogens (tertiary/aromatic N) is 1. The third-order valence-corrected chi connectivity index (χ3v) is 4.26. The summed E-state index contributed by atoms with van der Waals surface area (Å²) in [5.41, 5.74) is 3.32. The fourth-order valence-electron chi connectivity index (χ4n) is 2.76.